The highest BCUT2D eigenvalue weighted by Gasteiger charge is 2.19. The summed E-state index contributed by atoms with van der Waals surface area (Å²) in [7, 11) is 0. The van der Waals surface area contributed by atoms with Crippen LogP contribution in [0.1, 0.15) is 25.0 Å². The van der Waals surface area contributed by atoms with Crippen LogP contribution >= 0.6 is 0 Å². The Kier molecular flexibility index (Phi) is 4.99. The number of anilines is 1. The maximum absolute atomic E-state index is 9.27. The molecule has 20 heavy (non-hydrogen) atoms. The molecule has 0 amide bonds. The second-order valence-corrected chi connectivity index (χ2v) is 5.80. The second-order valence-electron chi connectivity index (χ2n) is 5.80. The minimum absolute atomic E-state index is 0.0167. The molecule has 1 aromatic carbocycles. The summed E-state index contributed by atoms with van der Waals surface area (Å²) >= 11 is 0. The molecule has 108 valence electrons. The van der Waals surface area contributed by atoms with Gasteiger partial charge in [0, 0.05) is 32.7 Å². The minimum Gasteiger partial charge on any atom is -0.392 e. The number of benzene rings is 1. The van der Waals surface area contributed by atoms with Crippen molar-refractivity contribution in [1.82, 2.24) is 4.90 Å². The summed E-state index contributed by atoms with van der Waals surface area (Å²) < 4.78 is 0. The van der Waals surface area contributed by atoms with Crippen LogP contribution in [0.25, 0.3) is 0 Å². The van der Waals surface area contributed by atoms with Crippen LogP contribution < -0.4 is 4.90 Å². The van der Waals surface area contributed by atoms with Crippen molar-refractivity contribution < 1.29 is 5.11 Å². The Bertz CT molecular complexity index is 485. The van der Waals surface area contributed by atoms with Gasteiger partial charge in [-0.05, 0) is 23.6 Å². The molecule has 0 atom stereocenters. The summed E-state index contributed by atoms with van der Waals surface area (Å²) in [6.45, 7) is 9.62. The summed E-state index contributed by atoms with van der Waals surface area (Å²) in [5, 5.41) is 18.4. The average Bonchev–Trinajstić information content (AvgIpc) is 2.47. The minimum atomic E-state index is -0.0167. The fraction of sp³-hybridized carbons (Fsp3) is 0.562. The van der Waals surface area contributed by atoms with E-state index >= 15 is 0 Å². The second kappa shape index (κ2) is 6.74. The molecule has 1 N–H and O–H groups in total. The van der Waals surface area contributed by atoms with Gasteiger partial charge in [0.15, 0.2) is 0 Å². The van der Waals surface area contributed by atoms with Crippen LogP contribution in [0, 0.1) is 17.2 Å². The van der Waals surface area contributed by atoms with Crippen molar-refractivity contribution in [1.29, 1.82) is 5.26 Å². The first-order valence-electron chi connectivity index (χ1n) is 7.25. The summed E-state index contributed by atoms with van der Waals surface area (Å²) in [6.07, 6.45) is 0. The van der Waals surface area contributed by atoms with Crippen LogP contribution in [0.5, 0.6) is 0 Å². The molecule has 0 spiro atoms. The summed E-state index contributed by atoms with van der Waals surface area (Å²) in [5.74, 6) is 0.694. The smallest absolute Gasteiger partial charge is 0.101 e. The number of hydrogen-bond donors (Lipinski definition) is 1. The highest BCUT2D eigenvalue weighted by atomic mass is 16.3. The predicted molar refractivity (Wildman–Crippen MR) is 80.6 cm³/mol. The average molecular weight is 273 g/mol. The molecule has 1 aliphatic rings. The van der Waals surface area contributed by atoms with Crippen LogP contribution in [0.2, 0.25) is 0 Å². The van der Waals surface area contributed by atoms with Gasteiger partial charge in [-0.2, -0.15) is 5.26 Å². The standard InChI is InChI=1S/C16H23N3O/c1-13(2)11-18-5-7-19(8-6-18)16-4-3-14(12-20)9-15(16)10-17/h3-4,9,13,20H,5-8,11-12H2,1-2H3. The van der Waals surface area contributed by atoms with E-state index in [0.717, 1.165) is 44.0 Å². The van der Waals surface area contributed by atoms with E-state index in [2.05, 4.69) is 29.7 Å². The Hall–Kier alpha value is -1.57. The lowest BCUT2D eigenvalue weighted by Gasteiger charge is -2.37. The normalized spacial score (nSPS) is 16.4. The van der Waals surface area contributed by atoms with E-state index in [9.17, 15) is 5.26 Å². The zero-order chi connectivity index (χ0) is 14.5. The van der Waals surface area contributed by atoms with Crippen LogP contribution in [-0.4, -0.2) is 42.7 Å². The number of aliphatic hydroxyl groups is 1. The van der Waals surface area contributed by atoms with E-state index in [1.165, 1.54) is 0 Å². The van der Waals surface area contributed by atoms with E-state index in [1.807, 2.05) is 12.1 Å². The lowest BCUT2D eigenvalue weighted by Crippen LogP contribution is -2.47. The van der Waals surface area contributed by atoms with Gasteiger partial charge in [0.05, 0.1) is 17.9 Å². The fourth-order valence-electron chi connectivity index (χ4n) is 2.73. The first-order chi connectivity index (χ1) is 9.63. The third-order valence-corrected chi connectivity index (χ3v) is 3.70. The van der Waals surface area contributed by atoms with Gasteiger partial charge in [-0.3, -0.25) is 4.90 Å². The van der Waals surface area contributed by atoms with Gasteiger partial charge in [0.1, 0.15) is 6.07 Å². The van der Waals surface area contributed by atoms with Crippen LogP contribution in [0.15, 0.2) is 18.2 Å². The van der Waals surface area contributed by atoms with E-state index in [4.69, 9.17) is 5.11 Å². The Labute approximate surface area is 121 Å². The van der Waals surface area contributed by atoms with E-state index in [0.29, 0.717) is 11.5 Å². The molecule has 1 fully saturated rings. The molecule has 2 rings (SSSR count). The summed E-state index contributed by atoms with van der Waals surface area (Å²) in [5.41, 5.74) is 2.45. The molecule has 0 saturated carbocycles. The van der Waals surface area contributed by atoms with Crippen molar-refractivity contribution in [2.45, 2.75) is 20.5 Å². The molecule has 0 radical (unpaired) electrons. The Morgan fingerprint density at radius 1 is 1.25 bits per heavy atom. The van der Waals surface area contributed by atoms with Gasteiger partial charge < -0.3 is 10.0 Å². The third kappa shape index (κ3) is 3.50. The molecule has 4 nitrogen and oxygen atoms in total. The number of nitriles is 1. The molecular formula is C16H23N3O. The zero-order valence-corrected chi connectivity index (χ0v) is 12.3. The molecule has 0 aromatic heterocycles. The van der Waals surface area contributed by atoms with Gasteiger partial charge in [-0.25, -0.2) is 0 Å². The highest BCUT2D eigenvalue weighted by molar-refractivity contribution is 5.60. The molecule has 0 bridgehead atoms. The van der Waals surface area contributed by atoms with E-state index in [-0.39, 0.29) is 6.61 Å². The Balaban J connectivity index is 2.05. The van der Waals surface area contributed by atoms with E-state index < -0.39 is 0 Å². The van der Waals surface area contributed by atoms with Crippen LogP contribution in [0.3, 0.4) is 0 Å². The highest BCUT2D eigenvalue weighted by Crippen LogP contribution is 2.23. The maximum atomic E-state index is 9.27. The summed E-state index contributed by atoms with van der Waals surface area (Å²) in [4.78, 5) is 4.76. The largest absolute Gasteiger partial charge is 0.392 e. The number of piperazine rings is 1. The molecule has 1 heterocycles. The fourth-order valence-corrected chi connectivity index (χ4v) is 2.73. The molecule has 0 aliphatic carbocycles. The number of aliphatic hydroxyl groups excluding tert-OH is 1. The topological polar surface area (TPSA) is 50.5 Å². The molecule has 1 aliphatic heterocycles. The third-order valence-electron chi connectivity index (χ3n) is 3.70. The first-order valence-corrected chi connectivity index (χ1v) is 7.25. The van der Waals surface area contributed by atoms with Gasteiger partial charge in [-0.1, -0.05) is 19.9 Å². The predicted octanol–water partition coefficient (Wildman–Crippen LogP) is 1.83. The van der Waals surface area contributed by atoms with Gasteiger partial charge in [0.25, 0.3) is 0 Å². The Morgan fingerprint density at radius 2 is 1.95 bits per heavy atom. The van der Waals surface area contributed by atoms with Crippen molar-refractivity contribution in [3.05, 3.63) is 29.3 Å². The van der Waals surface area contributed by atoms with Crippen molar-refractivity contribution in [3.63, 3.8) is 0 Å². The lowest BCUT2D eigenvalue weighted by atomic mass is 10.1. The molecule has 1 saturated heterocycles. The SMILES string of the molecule is CC(C)CN1CCN(c2ccc(CO)cc2C#N)CC1. The van der Waals surface area contributed by atoms with Crippen molar-refractivity contribution in [3.8, 4) is 6.07 Å². The van der Waals surface area contributed by atoms with Crippen LogP contribution in [0.4, 0.5) is 5.69 Å². The van der Waals surface area contributed by atoms with Gasteiger partial charge in [-0.15, -0.1) is 0 Å². The number of hydrogen-bond acceptors (Lipinski definition) is 4. The monoisotopic (exact) mass is 273 g/mol. The number of nitrogens with zero attached hydrogens (tertiary/aromatic N) is 3. The van der Waals surface area contributed by atoms with Crippen molar-refractivity contribution >= 4 is 5.69 Å². The zero-order valence-electron chi connectivity index (χ0n) is 12.3. The number of rotatable bonds is 4. The van der Waals surface area contributed by atoms with Gasteiger partial charge in [0.2, 0.25) is 0 Å². The van der Waals surface area contributed by atoms with Gasteiger partial charge >= 0.3 is 0 Å². The Morgan fingerprint density at radius 3 is 2.50 bits per heavy atom. The quantitative estimate of drug-likeness (QED) is 0.909. The van der Waals surface area contributed by atoms with Crippen LogP contribution in [-0.2, 0) is 6.61 Å². The molecule has 1 aromatic rings. The molecule has 0 unspecified atom stereocenters. The van der Waals surface area contributed by atoms with Crippen molar-refractivity contribution in [2.24, 2.45) is 5.92 Å². The molecular weight excluding hydrogens is 250 g/mol. The maximum Gasteiger partial charge on any atom is 0.101 e. The first kappa shape index (κ1) is 14.8. The van der Waals surface area contributed by atoms with E-state index in [1.54, 1.807) is 6.07 Å². The lowest BCUT2D eigenvalue weighted by molar-refractivity contribution is 0.231. The molecule has 4 heteroatoms. The van der Waals surface area contributed by atoms with Crippen molar-refractivity contribution in [2.75, 3.05) is 37.6 Å². The summed E-state index contributed by atoms with van der Waals surface area (Å²) in [6, 6.07) is 7.89.